The second kappa shape index (κ2) is 8.01. The lowest BCUT2D eigenvalue weighted by atomic mass is 9.96. The largest absolute Gasteiger partial charge is 0.495 e. The minimum Gasteiger partial charge on any atom is -0.495 e. The maximum absolute atomic E-state index is 12.7. The molecule has 0 saturated carbocycles. The molecule has 0 bridgehead atoms. The Morgan fingerprint density at radius 2 is 1.92 bits per heavy atom. The van der Waals surface area contributed by atoms with E-state index >= 15 is 0 Å². The minimum absolute atomic E-state index is 0. The average Bonchev–Trinajstić information content (AvgIpc) is 2.48. The van der Waals surface area contributed by atoms with Gasteiger partial charge < -0.3 is 10.1 Å². The van der Waals surface area contributed by atoms with Crippen molar-refractivity contribution in [3.05, 3.63) is 18.2 Å². The third-order valence-electron chi connectivity index (χ3n) is 3.99. The van der Waals surface area contributed by atoms with E-state index in [2.05, 4.69) is 10.0 Å². The van der Waals surface area contributed by atoms with Crippen molar-refractivity contribution in [3.63, 3.8) is 0 Å². The predicted octanol–water partition coefficient (Wildman–Crippen LogP) is 0.797. The summed E-state index contributed by atoms with van der Waals surface area (Å²) in [6, 6.07) is 3.57. The van der Waals surface area contributed by atoms with E-state index in [0.29, 0.717) is 6.54 Å². The summed E-state index contributed by atoms with van der Waals surface area (Å²) in [5, 5.41) is 3.15. The van der Waals surface area contributed by atoms with E-state index in [9.17, 15) is 16.8 Å². The zero-order valence-corrected chi connectivity index (χ0v) is 16.2. The number of rotatable bonds is 5. The molecule has 1 aliphatic rings. The molecule has 138 valence electrons. The minimum atomic E-state index is -3.90. The van der Waals surface area contributed by atoms with E-state index in [1.807, 2.05) is 6.92 Å². The van der Waals surface area contributed by atoms with Crippen molar-refractivity contribution in [1.82, 2.24) is 10.0 Å². The fourth-order valence-corrected chi connectivity index (χ4v) is 4.77. The highest BCUT2D eigenvalue weighted by molar-refractivity contribution is 7.91. The van der Waals surface area contributed by atoms with E-state index in [1.54, 1.807) is 0 Å². The maximum atomic E-state index is 12.7. The number of benzene rings is 1. The van der Waals surface area contributed by atoms with Crippen LogP contribution in [0, 0.1) is 5.92 Å². The topological polar surface area (TPSA) is 102 Å². The predicted molar refractivity (Wildman–Crippen MR) is 94.1 cm³/mol. The number of ether oxygens (including phenoxy) is 1. The fraction of sp³-hybridized carbons (Fsp3) is 0.571. The molecule has 2 rings (SSSR count). The molecular formula is C14H23ClN2O5S2. The molecule has 0 aliphatic carbocycles. The summed E-state index contributed by atoms with van der Waals surface area (Å²) in [5.41, 5.74) is 0. The van der Waals surface area contributed by atoms with Gasteiger partial charge in [-0.05, 0) is 37.1 Å². The van der Waals surface area contributed by atoms with Crippen molar-refractivity contribution in [3.8, 4) is 5.75 Å². The van der Waals surface area contributed by atoms with Crippen molar-refractivity contribution >= 4 is 32.3 Å². The van der Waals surface area contributed by atoms with Crippen LogP contribution in [-0.2, 0) is 19.9 Å². The van der Waals surface area contributed by atoms with E-state index in [4.69, 9.17) is 4.74 Å². The molecule has 1 saturated heterocycles. The van der Waals surface area contributed by atoms with Crippen molar-refractivity contribution in [2.24, 2.45) is 5.92 Å². The molecule has 2 atom stereocenters. The van der Waals surface area contributed by atoms with E-state index in [-0.39, 0.29) is 39.9 Å². The van der Waals surface area contributed by atoms with Crippen LogP contribution in [0.15, 0.2) is 28.0 Å². The molecule has 2 unspecified atom stereocenters. The molecule has 1 aromatic rings. The summed E-state index contributed by atoms with van der Waals surface area (Å²) in [4.78, 5) is -0.228. The Morgan fingerprint density at radius 1 is 1.25 bits per heavy atom. The van der Waals surface area contributed by atoms with Gasteiger partial charge in [-0.15, -0.1) is 12.4 Å². The van der Waals surface area contributed by atoms with Gasteiger partial charge in [0, 0.05) is 18.8 Å². The van der Waals surface area contributed by atoms with Crippen LogP contribution in [-0.4, -0.2) is 49.3 Å². The highest BCUT2D eigenvalue weighted by Gasteiger charge is 2.29. The smallest absolute Gasteiger partial charge is 0.244 e. The van der Waals surface area contributed by atoms with Crippen LogP contribution >= 0.6 is 12.4 Å². The van der Waals surface area contributed by atoms with Crippen LogP contribution in [0.5, 0.6) is 5.75 Å². The van der Waals surface area contributed by atoms with Gasteiger partial charge in [-0.3, -0.25) is 0 Å². The summed E-state index contributed by atoms with van der Waals surface area (Å²) in [5.74, 6) is 0.302. The summed E-state index contributed by atoms with van der Waals surface area (Å²) in [6.07, 6.45) is 1.90. The zero-order chi connectivity index (χ0) is 17.3. The van der Waals surface area contributed by atoms with Gasteiger partial charge in [0.25, 0.3) is 0 Å². The molecule has 1 heterocycles. The van der Waals surface area contributed by atoms with Gasteiger partial charge in [0.2, 0.25) is 10.0 Å². The van der Waals surface area contributed by atoms with Gasteiger partial charge in [-0.2, -0.15) is 0 Å². The van der Waals surface area contributed by atoms with Crippen LogP contribution < -0.4 is 14.8 Å². The monoisotopic (exact) mass is 398 g/mol. The number of sulfone groups is 1. The molecule has 7 nitrogen and oxygen atoms in total. The summed E-state index contributed by atoms with van der Waals surface area (Å²) >= 11 is 0. The third kappa shape index (κ3) is 4.82. The highest BCUT2D eigenvalue weighted by atomic mass is 35.5. The first-order valence-electron chi connectivity index (χ1n) is 7.26. The molecule has 10 heteroatoms. The second-order valence-electron chi connectivity index (χ2n) is 5.78. The molecule has 0 amide bonds. The summed E-state index contributed by atoms with van der Waals surface area (Å²) in [6.45, 7) is 3.37. The summed E-state index contributed by atoms with van der Waals surface area (Å²) < 4.78 is 56.5. The van der Waals surface area contributed by atoms with Gasteiger partial charge in [0.15, 0.2) is 9.84 Å². The van der Waals surface area contributed by atoms with Gasteiger partial charge >= 0.3 is 0 Å². The number of piperidine rings is 1. The van der Waals surface area contributed by atoms with Gasteiger partial charge in [-0.1, -0.05) is 6.92 Å². The molecule has 2 N–H and O–H groups in total. The molecule has 0 aromatic heterocycles. The summed E-state index contributed by atoms with van der Waals surface area (Å²) in [7, 11) is -6.07. The number of methoxy groups -OCH3 is 1. The van der Waals surface area contributed by atoms with Crippen molar-refractivity contribution in [1.29, 1.82) is 0 Å². The molecule has 24 heavy (non-hydrogen) atoms. The Kier molecular flexibility index (Phi) is 7.06. The lowest BCUT2D eigenvalue weighted by Gasteiger charge is -2.30. The standard InChI is InChI=1S/C14H22N2O5S2.ClH/c1-10-6-7-15-9-12(10)16-23(19,20)14-8-11(22(3,17)18)4-5-13(14)21-2;/h4-5,8,10,12,15-16H,6-7,9H2,1-3H3;1H. The highest BCUT2D eigenvalue weighted by Crippen LogP contribution is 2.27. The Labute approximate surface area is 149 Å². The Morgan fingerprint density at radius 3 is 2.46 bits per heavy atom. The SMILES string of the molecule is COc1ccc(S(C)(=O)=O)cc1S(=O)(=O)NC1CNCCC1C.Cl. The lowest BCUT2D eigenvalue weighted by Crippen LogP contribution is -2.50. The number of sulfonamides is 1. The molecule has 1 fully saturated rings. The van der Waals surface area contributed by atoms with Crippen LogP contribution in [0.3, 0.4) is 0 Å². The molecule has 1 aromatic carbocycles. The Bertz CT molecular complexity index is 780. The fourth-order valence-electron chi connectivity index (χ4n) is 2.51. The van der Waals surface area contributed by atoms with E-state index < -0.39 is 19.9 Å². The number of halogens is 1. The van der Waals surface area contributed by atoms with Crippen molar-refractivity contribution < 1.29 is 21.6 Å². The number of hydrogen-bond acceptors (Lipinski definition) is 6. The Balaban J connectivity index is 0.00000288. The molecule has 1 aliphatic heterocycles. The number of nitrogens with one attached hydrogen (secondary N) is 2. The maximum Gasteiger partial charge on any atom is 0.244 e. The average molecular weight is 399 g/mol. The number of hydrogen-bond donors (Lipinski definition) is 2. The quantitative estimate of drug-likeness (QED) is 0.760. The molecule has 0 radical (unpaired) electrons. The molecular weight excluding hydrogens is 376 g/mol. The second-order valence-corrected chi connectivity index (χ2v) is 9.48. The van der Waals surface area contributed by atoms with Crippen LogP contribution in [0.1, 0.15) is 13.3 Å². The van der Waals surface area contributed by atoms with Crippen LogP contribution in [0.2, 0.25) is 0 Å². The third-order valence-corrected chi connectivity index (χ3v) is 6.61. The van der Waals surface area contributed by atoms with Gasteiger partial charge in [0.1, 0.15) is 10.6 Å². The normalized spacial score (nSPS) is 21.8. The molecule has 0 spiro atoms. The van der Waals surface area contributed by atoms with E-state index in [1.165, 1.54) is 19.2 Å². The first-order valence-corrected chi connectivity index (χ1v) is 10.6. The van der Waals surface area contributed by atoms with Crippen molar-refractivity contribution in [2.75, 3.05) is 26.5 Å². The zero-order valence-electron chi connectivity index (χ0n) is 13.8. The van der Waals surface area contributed by atoms with Gasteiger partial charge in [-0.25, -0.2) is 21.6 Å². The Hall–Kier alpha value is -0.870. The first kappa shape index (κ1) is 21.2. The van der Waals surface area contributed by atoms with E-state index in [0.717, 1.165) is 25.3 Å². The first-order chi connectivity index (χ1) is 10.6. The van der Waals surface area contributed by atoms with Crippen molar-refractivity contribution in [2.45, 2.75) is 29.2 Å². The lowest BCUT2D eigenvalue weighted by molar-refractivity contribution is 0.326. The van der Waals surface area contributed by atoms with Gasteiger partial charge in [0.05, 0.1) is 12.0 Å². The van der Waals surface area contributed by atoms with Crippen LogP contribution in [0.25, 0.3) is 0 Å². The van der Waals surface area contributed by atoms with Crippen LogP contribution in [0.4, 0.5) is 0 Å².